The summed E-state index contributed by atoms with van der Waals surface area (Å²) in [6.45, 7) is 2.95. The smallest absolute Gasteiger partial charge is 0.225 e. The van der Waals surface area contributed by atoms with Gasteiger partial charge in [-0.3, -0.25) is 4.98 Å². The Morgan fingerprint density at radius 1 is 1.08 bits per heavy atom. The summed E-state index contributed by atoms with van der Waals surface area (Å²) >= 11 is 0. The van der Waals surface area contributed by atoms with Gasteiger partial charge < -0.3 is 9.64 Å². The van der Waals surface area contributed by atoms with Crippen molar-refractivity contribution < 1.29 is 4.74 Å². The monoisotopic (exact) mass is 324 g/mol. The first-order chi connectivity index (χ1) is 11.8. The number of pyridine rings is 1. The molecule has 0 aromatic carbocycles. The van der Waals surface area contributed by atoms with Gasteiger partial charge in [0.1, 0.15) is 0 Å². The van der Waals surface area contributed by atoms with Gasteiger partial charge in [0.25, 0.3) is 0 Å². The van der Waals surface area contributed by atoms with Crippen molar-refractivity contribution in [1.82, 2.24) is 15.0 Å². The van der Waals surface area contributed by atoms with Crippen LogP contribution in [0.4, 0.5) is 5.95 Å². The summed E-state index contributed by atoms with van der Waals surface area (Å²) in [5, 5.41) is 0. The molecule has 0 amide bonds. The molecule has 1 atom stereocenters. The molecule has 0 N–H and O–H groups in total. The van der Waals surface area contributed by atoms with E-state index in [1.165, 1.54) is 24.8 Å². The van der Waals surface area contributed by atoms with Gasteiger partial charge in [-0.2, -0.15) is 0 Å². The second-order valence-electron chi connectivity index (χ2n) is 7.07. The second kappa shape index (κ2) is 6.85. The van der Waals surface area contributed by atoms with Crippen molar-refractivity contribution in [3.8, 4) is 0 Å². The molecule has 0 aliphatic carbocycles. The molecule has 2 aliphatic heterocycles. The number of ether oxygens (including phenoxy) is 1. The molecule has 1 spiro atoms. The summed E-state index contributed by atoms with van der Waals surface area (Å²) in [6.07, 6.45) is 13.5. The van der Waals surface area contributed by atoms with Gasteiger partial charge >= 0.3 is 0 Å². The van der Waals surface area contributed by atoms with E-state index in [4.69, 9.17) is 4.74 Å². The molecule has 5 heteroatoms. The average Bonchev–Trinajstić information content (AvgIpc) is 2.66. The SMILES string of the molecule is c1cnc(N2CCC3(CC[C@@H](Cc4cccnc4)OC3)CC2)nc1. The predicted molar refractivity (Wildman–Crippen MR) is 92.8 cm³/mol. The summed E-state index contributed by atoms with van der Waals surface area (Å²) in [4.78, 5) is 15.2. The molecule has 2 aromatic heterocycles. The number of hydrogen-bond acceptors (Lipinski definition) is 5. The van der Waals surface area contributed by atoms with Crippen molar-refractivity contribution in [3.05, 3.63) is 48.5 Å². The van der Waals surface area contributed by atoms with Crippen molar-refractivity contribution in [1.29, 1.82) is 0 Å². The lowest BCUT2D eigenvalue weighted by molar-refractivity contribution is -0.0715. The van der Waals surface area contributed by atoms with Crippen LogP contribution in [-0.2, 0) is 11.2 Å². The molecule has 0 radical (unpaired) electrons. The average molecular weight is 324 g/mol. The Balaban J connectivity index is 1.30. The number of nitrogens with zero attached hydrogens (tertiary/aromatic N) is 4. The van der Waals surface area contributed by atoms with Gasteiger partial charge in [-0.15, -0.1) is 0 Å². The number of piperidine rings is 1. The van der Waals surface area contributed by atoms with Gasteiger partial charge in [0.05, 0.1) is 12.7 Å². The molecule has 2 fully saturated rings. The van der Waals surface area contributed by atoms with Crippen LogP contribution in [0.15, 0.2) is 43.0 Å². The van der Waals surface area contributed by atoms with Gasteiger partial charge in [0.15, 0.2) is 0 Å². The van der Waals surface area contributed by atoms with E-state index in [-0.39, 0.29) is 0 Å². The van der Waals surface area contributed by atoms with Crippen molar-refractivity contribution in [3.63, 3.8) is 0 Å². The zero-order chi connectivity index (χ0) is 16.2. The third-order valence-corrected chi connectivity index (χ3v) is 5.47. The molecule has 2 saturated heterocycles. The zero-order valence-electron chi connectivity index (χ0n) is 14.0. The Bertz CT molecular complexity index is 631. The van der Waals surface area contributed by atoms with Gasteiger partial charge in [-0.05, 0) is 48.8 Å². The Kier molecular flexibility index (Phi) is 4.43. The summed E-state index contributed by atoms with van der Waals surface area (Å²) in [6, 6.07) is 6.01. The van der Waals surface area contributed by atoms with Crippen LogP contribution < -0.4 is 4.90 Å². The maximum Gasteiger partial charge on any atom is 0.225 e. The summed E-state index contributed by atoms with van der Waals surface area (Å²) < 4.78 is 6.24. The Morgan fingerprint density at radius 3 is 2.58 bits per heavy atom. The lowest BCUT2D eigenvalue weighted by atomic mass is 9.73. The fourth-order valence-electron chi connectivity index (χ4n) is 3.89. The second-order valence-corrected chi connectivity index (χ2v) is 7.07. The zero-order valence-corrected chi connectivity index (χ0v) is 14.0. The molecule has 4 heterocycles. The van der Waals surface area contributed by atoms with Crippen molar-refractivity contribution in [2.24, 2.45) is 5.41 Å². The van der Waals surface area contributed by atoms with E-state index in [0.717, 1.165) is 38.5 Å². The van der Waals surface area contributed by atoms with Crippen LogP contribution in [0.5, 0.6) is 0 Å². The van der Waals surface area contributed by atoms with E-state index in [9.17, 15) is 0 Å². The van der Waals surface area contributed by atoms with Crippen LogP contribution in [0.3, 0.4) is 0 Å². The first-order valence-corrected chi connectivity index (χ1v) is 8.86. The molecule has 2 aliphatic rings. The normalized spacial score (nSPS) is 23.3. The first kappa shape index (κ1) is 15.5. The van der Waals surface area contributed by atoms with Crippen molar-refractivity contribution >= 4 is 5.95 Å². The molecule has 0 unspecified atom stereocenters. The maximum atomic E-state index is 6.24. The third-order valence-electron chi connectivity index (χ3n) is 5.47. The fourth-order valence-corrected chi connectivity index (χ4v) is 3.89. The van der Waals surface area contributed by atoms with Crippen LogP contribution in [0.2, 0.25) is 0 Å². The first-order valence-electron chi connectivity index (χ1n) is 8.86. The van der Waals surface area contributed by atoms with E-state index in [2.05, 4.69) is 25.9 Å². The molecular formula is C19H24N4O. The molecule has 0 saturated carbocycles. The maximum absolute atomic E-state index is 6.24. The van der Waals surface area contributed by atoms with Crippen LogP contribution >= 0.6 is 0 Å². The van der Waals surface area contributed by atoms with E-state index in [1.54, 1.807) is 0 Å². The molecule has 4 rings (SSSR count). The molecule has 0 bridgehead atoms. The van der Waals surface area contributed by atoms with Gasteiger partial charge in [0, 0.05) is 44.3 Å². The highest BCUT2D eigenvalue weighted by atomic mass is 16.5. The van der Waals surface area contributed by atoms with Crippen LogP contribution in [0.1, 0.15) is 31.2 Å². The minimum atomic E-state index is 0.343. The van der Waals surface area contributed by atoms with Gasteiger partial charge in [-0.1, -0.05) is 6.07 Å². The number of aromatic nitrogens is 3. The van der Waals surface area contributed by atoms with E-state index in [0.29, 0.717) is 11.5 Å². The summed E-state index contributed by atoms with van der Waals surface area (Å²) in [5.74, 6) is 0.860. The third kappa shape index (κ3) is 3.41. The quantitative estimate of drug-likeness (QED) is 0.869. The lowest BCUT2D eigenvalue weighted by Crippen LogP contribution is -2.46. The Hall–Kier alpha value is -2.01. The largest absolute Gasteiger partial charge is 0.377 e. The van der Waals surface area contributed by atoms with E-state index < -0.39 is 0 Å². The molecule has 24 heavy (non-hydrogen) atoms. The van der Waals surface area contributed by atoms with Crippen LogP contribution in [0.25, 0.3) is 0 Å². The Labute approximate surface area is 143 Å². The Morgan fingerprint density at radius 2 is 1.92 bits per heavy atom. The predicted octanol–water partition coefficient (Wildman–Crippen LogP) is 2.88. The number of anilines is 1. The minimum Gasteiger partial charge on any atom is -0.377 e. The fraction of sp³-hybridized carbons (Fsp3) is 0.526. The molecule has 2 aromatic rings. The molecule has 5 nitrogen and oxygen atoms in total. The van der Waals surface area contributed by atoms with E-state index in [1.807, 2.05) is 36.9 Å². The van der Waals surface area contributed by atoms with Gasteiger partial charge in [0.2, 0.25) is 5.95 Å². The van der Waals surface area contributed by atoms with Crippen molar-refractivity contribution in [2.45, 2.75) is 38.2 Å². The van der Waals surface area contributed by atoms with E-state index >= 15 is 0 Å². The number of hydrogen-bond donors (Lipinski definition) is 0. The standard InChI is InChI=1S/C19H24N4O/c1-3-16(14-20-8-1)13-17-4-5-19(15-24-17)6-11-23(12-7-19)18-21-9-2-10-22-18/h1-3,8-10,14,17H,4-7,11-13,15H2/t17-/m0/s1. The van der Waals surface area contributed by atoms with Crippen LogP contribution in [-0.4, -0.2) is 40.8 Å². The lowest BCUT2D eigenvalue weighted by Gasteiger charge is -2.45. The minimum absolute atomic E-state index is 0.343. The summed E-state index contributed by atoms with van der Waals surface area (Å²) in [5.41, 5.74) is 1.63. The number of rotatable bonds is 3. The summed E-state index contributed by atoms with van der Waals surface area (Å²) in [7, 11) is 0. The highest BCUT2D eigenvalue weighted by Gasteiger charge is 2.39. The topological polar surface area (TPSA) is 51.1 Å². The van der Waals surface area contributed by atoms with Crippen LogP contribution in [0, 0.1) is 5.41 Å². The molecular weight excluding hydrogens is 300 g/mol. The molecule has 126 valence electrons. The highest BCUT2D eigenvalue weighted by molar-refractivity contribution is 5.29. The highest BCUT2D eigenvalue weighted by Crippen LogP contribution is 2.41. The van der Waals surface area contributed by atoms with Crippen molar-refractivity contribution in [2.75, 3.05) is 24.6 Å². The van der Waals surface area contributed by atoms with Gasteiger partial charge in [-0.25, -0.2) is 9.97 Å².